The average molecular weight is 624 g/mol. The Morgan fingerprint density at radius 3 is 2.07 bits per heavy atom. The molecule has 1 aliphatic carbocycles. The van der Waals surface area contributed by atoms with Crippen LogP contribution in [-0.4, -0.2) is 46.1 Å². The molecular formula is C37H48F3NO2Si. The summed E-state index contributed by atoms with van der Waals surface area (Å²) < 4.78 is 57.5. The SMILES string of the molecule is CC(C)[Si](Oc1ccc2c(c1)CCC(c1ccccc1)C2c1c(F)cc(OCCN2CC(CF)C2)cc1F)(C(C)C)C(C)C. The molecule has 2 aliphatic rings. The van der Waals surface area contributed by atoms with E-state index in [0.29, 0.717) is 42.9 Å². The molecule has 0 N–H and O–H groups in total. The second kappa shape index (κ2) is 13.7. The van der Waals surface area contributed by atoms with Gasteiger partial charge < -0.3 is 9.16 Å². The molecule has 44 heavy (non-hydrogen) atoms. The third kappa shape index (κ3) is 6.46. The lowest BCUT2D eigenvalue weighted by molar-refractivity contribution is 0.0667. The highest BCUT2D eigenvalue weighted by Gasteiger charge is 2.47. The molecule has 1 aliphatic heterocycles. The smallest absolute Gasteiger partial charge is 0.258 e. The number of alkyl halides is 1. The molecule has 0 saturated carbocycles. The molecule has 3 nitrogen and oxygen atoms in total. The summed E-state index contributed by atoms with van der Waals surface area (Å²) in [5, 5.41) is 0. The number of hydrogen-bond acceptors (Lipinski definition) is 3. The molecule has 7 heteroatoms. The summed E-state index contributed by atoms with van der Waals surface area (Å²) in [6.45, 7) is 15.6. The van der Waals surface area contributed by atoms with Crippen LogP contribution in [0.25, 0.3) is 0 Å². The van der Waals surface area contributed by atoms with E-state index >= 15 is 8.78 Å². The summed E-state index contributed by atoms with van der Waals surface area (Å²) in [4.78, 5) is 2.09. The highest BCUT2D eigenvalue weighted by atomic mass is 28.4. The van der Waals surface area contributed by atoms with E-state index in [9.17, 15) is 4.39 Å². The lowest BCUT2D eigenvalue weighted by Crippen LogP contribution is -2.50. The largest absolute Gasteiger partial charge is 0.543 e. The molecule has 5 rings (SSSR count). The Bertz CT molecular complexity index is 1360. The van der Waals surface area contributed by atoms with E-state index in [1.165, 1.54) is 12.1 Å². The molecule has 3 aromatic carbocycles. The van der Waals surface area contributed by atoms with Crippen LogP contribution in [0, 0.1) is 17.6 Å². The molecule has 1 fully saturated rings. The lowest BCUT2D eigenvalue weighted by Gasteiger charge is -2.42. The minimum atomic E-state index is -2.16. The van der Waals surface area contributed by atoms with Crippen LogP contribution in [-0.2, 0) is 6.42 Å². The van der Waals surface area contributed by atoms with Gasteiger partial charge in [0.05, 0.1) is 6.67 Å². The minimum Gasteiger partial charge on any atom is -0.543 e. The van der Waals surface area contributed by atoms with Crippen LogP contribution in [0.15, 0.2) is 60.7 Å². The highest BCUT2D eigenvalue weighted by molar-refractivity contribution is 6.78. The predicted molar refractivity (Wildman–Crippen MR) is 175 cm³/mol. The van der Waals surface area contributed by atoms with E-state index in [-0.39, 0.29) is 29.8 Å². The zero-order valence-corrected chi connectivity index (χ0v) is 28.1. The zero-order chi connectivity index (χ0) is 31.6. The normalized spacial score (nSPS) is 19.4. The lowest BCUT2D eigenvalue weighted by atomic mass is 9.69. The summed E-state index contributed by atoms with van der Waals surface area (Å²) in [7, 11) is -2.16. The van der Waals surface area contributed by atoms with Crippen LogP contribution >= 0.6 is 0 Å². The first-order valence-electron chi connectivity index (χ1n) is 16.3. The monoisotopic (exact) mass is 623 g/mol. The Hall–Kier alpha value is -2.77. The van der Waals surface area contributed by atoms with Crippen LogP contribution in [0.4, 0.5) is 13.2 Å². The van der Waals surface area contributed by atoms with Crippen LogP contribution in [0.2, 0.25) is 16.6 Å². The number of fused-ring (bicyclic) bond motifs is 1. The quantitative estimate of drug-likeness (QED) is 0.188. The second-order valence-electron chi connectivity index (χ2n) is 13.7. The van der Waals surface area contributed by atoms with Crippen LogP contribution < -0.4 is 9.16 Å². The Morgan fingerprint density at radius 1 is 0.841 bits per heavy atom. The van der Waals surface area contributed by atoms with E-state index in [1.54, 1.807) is 0 Å². The van der Waals surface area contributed by atoms with Crippen LogP contribution in [0.3, 0.4) is 0 Å². The fourth-order valence-electron chi connectivity index (χ4n) is 8.02. The van der Waals surface area contributed by atoms with Crippen molar-refractivity contribution in [3.63, 3.8) is 0 Å². The molecule has 1 saturated heterocycles. The molecule has 238 valence electrons. The van der Waals surface area contributed by atoms with E-state index in [2.05, 4.69) is 64.6 Å². The number of ether oxygens (including phenoxy) is 1. The Balaban J connectivity index is 1.47. The first-order chi connectivity index (χ1) is 21.0. The standard InChI is InChI=1S/C37H48F3NO2Si/c1-24(2)44(25(3)4,26(5)6)43-30-13-15-33-29(18-30)12-14-32(28-10-8-7-9-11-28)36(33)37-34(39)19-31(20-35(37)40)42-17-16-41-22-27(21-38)23-41/h7-11,13,15,18-20,24-27,32,36H,12,14,16-17,21-23H2,1-6H3. The Labute approximate surface area is 262 Å². The first-order valence-corrected chi connectivity index (χ1v) is 18.5. The number of aryl methyl sites for hydroxylation is 1. The van der Waals surface area contributed by atoms with E-state index < -0.39 is 25.9 Å². The molecule has 2 unspecified atom stereocenters. The van der Waals surface area contributed by atoms with Crippen molar-refractivity contribution in [1.82, 2.24) is 4.90 Å². The molecule has 0 bridgehead atoms. The van der Waals surface area contributed by atoms with E-state index in [4.69, 9.17) is 9.16 Å². The van der Waals surface area contributed by atoms with Gasteiger partial charge in [0, 0.05) is 49.2 Å². The second-order valence-corrected chi connectivity index (χ2v) is 19.1. The van der Waals surface area contributed by atoms with Crippen molar-refractivity contribution < 1.29 is 22.3 Å². The van der Waals surface area contributed by atoms with Gasteiger partial charge in [-0.1, -0.05) is 77.9 Å². The molecular weight excluding hydrogens is 575 g/mol. The third-order valence-corrected chi connectivity index (χ3v) is 16.1. The number of benzene rings is 3. The zero-order valence-electron chi connectivity index (χ0n) is 27.1. The van der Waals surface area contributed by atoms with Crippen molar-refractivity contribution in [2.24, 2.45) is 5.92 Å². The van der Waals surface area contributed by atoms with Gasteiger partial charge in [-0.15, -0.1) is 0 Å². The Morgan fingerprint density at radius 2 is 1.48 bits per heavy atom. The molecule has 2 atom stereocenters. The summed E-state index contributed by atoms with van der Waals surface area (Å²) >= 11 is 0. The van der Waals surface area contributed by atoms with Gasteiger partial charge in [0.2, 0.25) is 0 Å². The van der Waals surface area contributed by atoms with Gasteiger partial charge in [-0.25, -0.2) is 8.78 Å². The Kier molecular flexibility index (Phi) is 10.2. The highest BCUT2D eigenvalue weighted by Crippen LogP contribution is 2.50. The average Bonchev–Trinajstić information content (AvgIpc) is 2.96. The summed E-state index contributed by atoms with van der Waals surface area (Å²) in [6, 6.07) is 18.9. The topological polar surface area (TPSA) is 21.7 Å². The summed E-state index contributed by atoms with van der Waals surface area (Å²) in [5.41, 5.74) is 4.54. The molecule has 0 amide bonds. The minimum absolute atomic E-state index is 0.0726. The summed E-state index contributed by atoms with van der Waals surface area (Å²) in [6.07, 6.45) is 1.59. The number of rotatable bonds is 12. The maximum absolute atomic E-state index is 16.0. The van der Waals surface area contributed by atoms with Crippen molar-refractivity contribution in [3.8, 4) is 11.5 Å². The first kappa shape index (κ1) is 32.6. The molecule has 1 heterocycles. The van der Waals surface area contributed by atoms with Gasteiger partial charge >= 0.3 is 0 Å². The number of hydrogen-bond donors (Lipinski definition) is 0. The number of nitrogens with zero attached hydrogens (tertiary/aromatic N) is 1. The maximum Gasteiger partial charge on any atom is 0.258 e. The maximum atomic E-state index is 16.0. The van der Waals surface area contributed by atoms with E-state index in [0.717, 1.165) is 35.3 Å². The van der Waals surface area contributed by atoms with Crippen molar-refractivity contribution in [3.05, 3.63) is 94.6 Å². The van der Waals surface area contributed by atoms with Crippen molar-refractivity contribution in [1.29, 1.82) is 0 Å². The summed E-state index contributed by atoms with van der Waals surface area (Å²) in [5.74, 6) is -0.597. The molecule has 0 aromatic heterocycles. The van der Waals surface area contributed by atoms with Gasteiger partial charge in [0.15, 0.2) is 0 Å². The molecule has 3 aromatic rings. The van der Waals surface area contributed by atoms with Crippen LogP contribution in [0.5, 0.6) is 11.5 Å². The molecule has 0 radical (unpaired) electrons. The van der Waals surface area contributed by atoms with Gasteiger partial charge in [0.1, 0.15) is 29.7 Å². The van der Waals surface area contributed by atoms with Crippen molar-refractivity contribution >= 4 is 8.32 Å². The van der Waals surface area contributed by atoms with Gasteiger partial charge in [-0.05, 0) is 64.2 Å². The number of halogens is 3. The van der Waals surface area contributed by atoms with E-state index in [1.807, 2.05) is 30.3 Å². The third-order valence-electron chi connectivity index (χ3n) is 10.1. The van der Waals surface area contributed by atoms with Gasteiger partial charge in [-0.2, -0.15) is 0 Å². The molecule has 0 spiro atoms. The fraction of sp³-hybridized carbons (Fsp3) is 0.514. The van der Waals surface area contributed by atoms with Gasteiger partial charge in [0.25, 0.3) is 8.32 Å². The van der Waals surface area contributed by atoms with Crippen LogP contribution in [0.1, 0.15) is 82.1 Å². The predicted octanol–water partition coefficient (Wildman–Crippen LogP) is 9.66. The van der Waals surface area contributed by atoms with Crippen molar-refractivity contribution in [2.75, 3.05) is 32.9 Å². The van der Waals surface area contributed by atoms with Crippen molar-refractivity contribution in [2.45, 2.75) is 82.8 Å². The number of likely N-dealkylation sites (tertiary alicyclic amines) is 1. The fourth-order valence-corrected chi connectivity index (χ4v) is 13.3. The van der Waals surface area contributed by atoms with Gasteiger partial charge in [-0.3, -0.25) is 9.29 Å².